The molecule has 3 rings (SSSR count). The van der Waals surface area contributed by atoms with Crippen molar-refractivity contribution < 1.29 is 40.7 Å². The number of amides is 2. The van der Waals surface area contributed by atoms with E-state index in [1.165, 1.54) is 36.0 Å². The van der Waals surface area contributed by atoms with Gasteiger partial charge in [-0.15, -0.1) is 0 Å². The second kappa shape index (κ2) is 10.5. The van der Waals surface area contributed by atoms with E-state index in [9.17, 15) is 31.2 Å². The van der Waals surface area contributed by atoms with Crippen molar-refractivity contribution >= 4 is 45.0 Å². The second-order valence-corrected chi connectivity index (χ2v) is 11.2. The number of benzene rings is 1. The Hall–Kier alpha value is -3.20. The summed E-state index contributed by atoms with van der Waals surface area (Å²) in [7, 11) is -4.35. The molecule has 0 saturated heterocycles. The van der Waals surface area contributed by atoms with Crippen LogP contribution in [-0.2, 0) is 26.1 Å². The average molecular weight is 582 g/mol. The number of halogens is 4. The summed E-state index contributed by atoms with van der Waals surface area (Å²) in [5, 5.41) is 8.54. The second-order valence-electron chi connectivity index (χ2n) is 9.03. The minimum atomic E-state index is -4.82. The maximum absolute atomic E-state index is 13.7. The summed E-state index contributed by atoms with van der Waals surface area (Å²) in [6, 6.07) is 3.25. The summed E-state index contributed by atoms with van der Waals surface area (Å²) in [6.07, 6.45) is -5.78. The van der Waals surface area contributed by atoms with Gasteiger partial charge in [-0.1, -0.05) is 11.6 Å². The van der Waals surface area contributed by atoms with Gasteiger partial charge in [0.15, 0.2) is 5.15 Å². The average Bonchev–Trinajstić information content (AvgIpc) is 3.18. The van der Waals surface area contributed by atoms with Gasteiger partial charge in [-0.25, -0.2) is 13.2 Å². The van der Waals surface area contributed by atoms with Crippen molar-refractivity contribution in [3.63, 3.8) is 0 Å². The number of aryl methyl sites for hydroxylation is 1. The van der Waals surface area contributed by atoms with Gasteiger partial charge in [-0.2, -0.15) is 18.3 Å². The molecule has 2 amide bonds. The molecule has 2 aromatic rings. The topological polar surface area (TPSA) is 132 Å². The van der Waals surface area contributed by atoms with Crippen molar-refractivity contribution in [3.8, 4) is 5.75 Å². The number of nitrogens with one attached hydrogen (secondary N) is 2. The lowest BCUT2D eigenvalue weighted by Crippen LogP contribution is -2.52. The first-order chi connectivity index (χ1) is 17.5. The fraction of sp³-hybridized carbons (Fsp3) is 0.500. The lowest BCUT2D eigenvalue weighted by molar-refractivity contribution is -0.242. The Labute approximate surface area is 222 Å². The van der Waals surface area contributed by atoms with Crippen LogP contribution in [0.2, 0.25) is 5.15 Å². The number of ether oxygens (including phenoxy) is 2. The number of rotatable bonds is 7. The molecule has 0 aliphatic carbocycles. The predicted molar refractivity (Wildman–Crippen MR) is 132 cm³/mol. The standard InChI is InChI=1S/C22H27ClF3N5O6S/c1-6-30-11-18(19(23)29-30)38(34,35)31-10-17(12(2)27-13(3)32)36-16-8-7-14(9-15(16)31)28-20(33)37-21(4,5)22(24,25)26/h7-9,11-12,17H,6,10H2,1-5H3,(H,27,32)(H,28,33)/t12-,17+/m0/s1. The number of carbonyl (C=O) groups is 2. The molecule has 0 fully saturated rings. The van der Waals surface area contributed by atoms with Gasteiger partial charge in [0, 0.05) is 25.4 Å². The minimum Gasteiger partial charge on any atom is -0.484 e. The first-order valence-electron chi connectivity index (χ1n) is 11.4. The van der Waals surface area contributed by atoms with E-state index in [0.29, 0.717) is 20.4 Å². The number of hydrogen-bond donors (Lipinski definition) is 2. The summed E-state index contributed by atoms with van der Waals surface area (Å²) < 4.78 is 79.5. The highest BCUT2D eigenvalue weighted by Crippen LogP contribution is 2.41. The van der Waals surface area contributed by atoms with Crippen LogP contribution in [0.15, 0.2) is 29.3 Å². The number of hydrogen-bond acceptors (Lipinski definition) is 7. The maximum Gasteiger partial charge on any atom is 0.427 e. The molecular weight excluding hydrogens is 555 g/mol. The van der Waals surface area contributed by atoms with Crippen molar-refractivity contribution in [2.45, 2.75) is 70.0 Å². The van der Waals surface area contributed by atoms with Crippen LogP contribution in [0, 0.1) is 0 Å². The monoisotopic (exact) mass is 581 g/mol. The summed E-state index contributed by atoms with van der Waals surface area (Å²) >= 11 is 6.13. The lowest BCUT2D eigenvalue weighted by atomic mass is 10.1. The molecule has 16 heteroatoms. The fourth-order valence-corrected chi connectivity index (χ4v) is 5.45. The highest BCUT2D eigenvalue weighted by molar-refractivity contribution is 7.93. The van der Waals surface area contributed by atoms with Crippen LogP contribution in [0.25, 0.3) is 0 Å². The number of alkyl halides is 3. The van der Waals surface area contributed by atoms with E-state index < -0.39 is 40.0 Å². The molecule has 210 valence electrons. The molecule has 2 N–H and O–H groups in total. The number of carbonyl (C=O) groups excluding carboxylic acids is 2. The molecule has 38 heavy (non-hydrogen) atoms. The van der Waals surface area contributed by atoms with Crippen LogP contribution in [0.1, 0.15) is 34.6 Å². The van der Waals surface area contributed by atoms with Gasteiger partial charge in [0.2, 0.25) is 11.5 Å². The lowest BCUT2D eigenvalue weighted by Gasteiger charge is -2.38. The zero-order valence-electron chi connectivity index (χ0n) is 21.1. The Morgan fingerprint density at radius 1 is 1.32 bits per heavy atom. The van der Waals surface area contributed by atoms with Crippen molar-refractivity contribution in [1.29, 1.82) is 0 Å². The Morgan fingerprint density at radius 3 is 2.53 bits per heavy atom. The highest BCUT2D eigenvalue weighted by Gasteiger charge is 2.51. The molecule has 2 atom stereocenters. The van der Waals surface area contributed by atoms with E-state index in [1.54, 1.807) is 13.8 Å². The summed E-state index contributed by atoms with van der Waals surface area (Å²) in [6.45, 7) is 6.15. The summed E-state index contributed by atoms with van der Waals surface area (Å²) in [5.41, 5.74) is -2.85. The number of sulfonamides is 1. The fourth-order valence-electron chi connectivity index (χ4n) is 3.52. The highest BCUT2D eigenvalue weighted by atomic mass is 35.5. The van der Waals surface area contributed by atoms with Crippen LogP contribution in [-0.4, -0.2) is 60.7 Å². The van der Waals surface area contributed by atoms with Crippen LogP contribution in [0.3, 0.4) is 0 Å². The Morgan fingerprint density at radius 2 is 1.97 bits per heavy atom. The van der Waals surface area contributed by atoms with Crippen LogP contribution in [0.5, 0.6) is 5.75 Å². The molecule has 2 heterocycles. The van der Waals surface area contributed by atoms with E-state index in [-0.39, 0.29) is 39.6 Å². The third-order valence-electron chi connectivity index (χ3n) is 5.70. The van der Waals surface area contributed by atoms with Gasteiger partial charge < -0.3 is 14.8 Å². The van der Waals surface area contributed by atoms with E-state index in [2.05, 4.69) is 20.5 Å². The number of aromatic nitrogens is 2. The van der Waals surface area contributed by atoms with E-state index in [4.69, 9.17) is 16.3 Å². The minimum absolute atomic E-state index is 0.0236. The van der Waals surface area contributed by atoms with Crippen molar-refractivity contribution in [3.05, 3.63) is 29.5 Å². The first-order valence-corrected chi connectivity index (χ1v) is 13.2. The zero-order chi connectivity index (χ0) is 28.6. The quantitative estimate of drug-likeness (QED) is 0.506. The van der Waals surface area contributed by atoms with Gasteiger partial charge >= 0.3 is 12.3 Å². The number of nitrogens with zero attached hydrogens (tertiary/aromatic N) is 3. The van der Waals surface area contributed by atoms with Crippen LogP contribution < -0.4 is 19.7 Å². The normalized spacial score (nSPS) is 16.8. The molecular formula is C22H27ClF3N5O6S. The maximum atomic E-state index is 13.7. The Kier molecular flexibility index (Phi) is 8.13. The molecule has 0 radical (unpaired) electrons. The smallest absolute Gasteiger partial charge is 0.427 e. The van der Waals surface area contributed by atoms with Gasteiger partial charge in [-0.05, 0) is 45.9 Å². The summed E-state index contributed by atoms with van der Waals surface area (Å²) in [5.74, 6) is -0.274. The first kappa shape index (κ1) is 29.4. The van der Waals surface area contributed by atoms with E-state index in [1.807, 2.05) is 0 Å². The molecule has 1 aliphatic heterocycles. The van der Waals surface area contributed by atoms with Crippen molar-refractivity contribution in [2.24, 2.45) is 0 Å². The molecule has 1 aromatic heterocycles. The van der Waals surface area contributed by atoms with Gasteiger partial charge in [-0.3, -0.25) is 19.1 Å². The van der Waals surface area contributed by atoms with Gasteiger partial charge in [0.25, 0.3) is 10.0 Å². The molecule has 11 nitrogen and oxygen atoms in total. The van der Waals surface area contributed by atoms with Crippen molar-refractivity contribution in [1.82, 2.24) is 15.1 Å². The Balaban J connectivity index is 2.01. The van der Waals surface area contributed by atoms with E-state index >= 15 is 0 Å². The van der Waals surface area contributed by atoms with Crippen LogP contribution >= 0.6 is 11.6 Å². The number of anilines is 2. The molecule has 0 saturated carbocycles. The third-order valence-corrected chi connectivity index (χ3v) is 7.87. The molecule has 0 unspecified atom stereocenters. The SMILES string of the molecule is CCn1cc(S(=O)(=O)N2C[C@H]([C@H](C)NC(C)=O)Oc3ccc(NC(=O)OC(C)(C)C(F)(F)F)cc32)c(Cl)n1. The molecule has 0 bridgehead atoms. The van der Waals surface area contributed by atoms with E-state index in [0.717, 1.165) is 4.31 Å². The zero-order valence-corrected chi connectivity index (χ0v) is 22.7. The van der Waals surface area contributed by atoms with Crippen LogP contribution in [0.4, 0.5) is 29.3 Å². The molecule has 1 aromatic carbocycles. The van der Waals surface area contributed by atoms with Gasteiger partial charge in [0.1, 0.15) is 16.7 Å². The Bertz CT molecular complexity index is 1330. The number of fused-ring (bicyclic) bond motifs is 1. The molecule has 1 aliphatic rings. The predicted octanol–water partition coefficient (Wildman–Crippen LogP) is 3.93. The third kappa shape index (κ3) is 6.09. The van der Waals surface area contributed by atoms with Gasteiger partial charge in [0.05, 0.1) is 18.3 Å². The summed E-state index contributed by atoms with van der Waals surface area (Å²) in [4.78, 5) is 23.5. The molecule has 0 spiro atoms. The van der Waals surface area contributed by atoms with Crippen molar-refractivity contribution in [2.75, 3.05) is 16.2 Å². The largest absolute Gasteiger partial charge is 0.484 e.